The summed E-state index contributed by atoms with van der Waals surface area (Å²) in [6.45, 7) is 4.44. The monoisotopic (exact) mass is 289 g/mol. The Balaban J connectivity index is 2.15. The lowest BCUT2D eigenvalue weighted by Crippen LogP contribution is -2.31. The molecule has 2 rings (SSSR count). The van der Waals surface area contributed by atoms with Crippen molar-refractivity contribution < 1.29 is 14.7 Å². The van der Waals surface area contributed by atoms with Crippen molar-refractivity contribution in [1.82, 2.24) is 5.32 Å². The van der Waals surface area contributed by atoms with Gasteiger partial charge in [-0.25, -0.2) is 0 Å². The molecule has 2 N–H and O–H groups in total. The van der Waals surface area contributed by atoms with Gasteiger partial charge in [0.05, 0.1) is 12.5 Å². The quantitative estimate of drug-likeness (QED) is 0.837. The van der Waals surface area contributed by atoms with E-state index >= 15 is 0 Å². The van der Waals surface area contributed by atoms with E-state index < -0.39 is 5.97 Å². The van der Waals surface area contributed by atoms with Crippen LogP contribution in [0.2, 0.25) is 0 Å². The molecule has 114 valence electrons. The molecule has 1 atom stereocenters. The first-order valence-electron chi connectivity index (χ1n) is 7.46. The fourth-order valence-electron chi connectivity index (χ4n) is 2.96. The first-order valence-corrected chi connectivity index (χ1v) is 7.46. The molecule has 0 spiro atoms. The van der Waals surface area contributed by atoms with Crippen molar-refractivity contribution in [3.05, 3.63) is 35.4 Å². The Morgan fingerprint density at radius 1 is 1.29 bits per heavy atom. The first-order chi connectivity index (χ1) is 9.87. The Labute approximate surface area is 125 Å². The van der Waals surface area contributed by atoms with Gasteiger partial charge in [-0.3, -0.25) is 9.59 Å². The normalized spacial score (nSPS) is 20.2. The Morgan fingerprint density at radius 2 is 2.00 bits per heavy atom. The number of nitrogens with one attached hydrogen (secondary N) is 1. The highest BCUT2D eigenvalue weighted by Gasteiger charge is 2.30. The summed E-state index contributed by atoms with van der Waals surface area (Å²) in [7, 11) is 0. The molecule has 1 unspecified atom stereocenters. The van der Waals surface area contributed by atoms with Crippen molar-refractivity contribution >= 4 is 11.9 Å². The fraction of sp³-hybridized carbons (Fsp3) is 0.529. The van der Waals surface area contributed by atoms with Crippen molar-refractivity contribution in [2.75, 3.05) is 0 Å². The van der Waals surface area contributed by atoms with E-state index in [1.165, 1.54) is 11.1 Å². The van der Waals surface area contributed by atoms with Gasteiger partial charge in [-0.2, -0.15) is 0 Å². The number of aryl methyl sites for hydroxylation is 1. The number of fused-ring (bicyclic) bond motifs is 1. The van der Waals surface area contributed by atoms with Crippen molar-refractivity contribution in [2.24, 2.45) is 5.41 Å². The number of aliphatic carboxylic acids is 1. The van der Waals surface area contributed by atoms with Gasteiger partial charge in [-0.05, 0) is 35.8 Å². The van der Waals surface area contributed by atoms with E-state index in [9.17, 15) is 9.59 Å². The molecule has 0 saturated carbocycles. The second-order valence-electron chi connectivity index (χ2n) is 6.58. The van der Waals surface area contributed by atoms with Gasteiger partial charge in [-0.15, -0.1) is 0 Å². The van der Waals surface area contributed by atoms with Crippen molar-refractivity contribution in [3.63, 3.8) is 0 Å². The maximum atomic E-state index is 12.0. The second-order valence-corrected chi connectivity index (χ2v) is 6.58. The lowest BCUT2D eigenvalue weighted by atomic mass is 9.83. The van der Waals surface area contributed by atoms with Gasteiger partial charge in [0.1, 0.15) is 0 Å². The lowest BCUT2D eigenvalue weighted by Gasteiger charge is -2.27. The minimum absolute atomic E-state index is 0.0278. The predicted octanol–water partition coefficient (Wildman–Crippen LogP) is 3.07. The van der Waals surface area contributed by atoms with E-state index in [1.54, 1.807) is 0 Å². The van der Waals surface area contributed by atoms with Crippen LogP contribution in [0.15, 0.2) is 24.3 Å². The minimum atomic E-state index is -0.938. The molecule has 1 aliphatic rings. The van der Waals surface area contributed by atoms with Crippen molar-refractivity contribution in [3.8, 4) is 0 Å². The number of carboxylic acid groups (broad SMARTS) is 1. The van der Waals surface area contributed by atoms with Gasteiger partial charge in [0.2, 0.25) is 5.91 Å². The number of carbonyl (C=O) groups is 2. The molecule has 0 radical (unpaired) electrons. The van der Waals surface area contributed by atoms with Gasteiger partial charge in [0.25, 0.3) is 0 Å². The topological polar surface area (TPSA) is 66.4 Å². The fourth-order valence-corrected chi connectivity index (χ4v) is 2.96. The summed E-state index contributed by atoms with van der Waals surface area (Å²) in [5, 5.41) is 11.7. The van der Waals surface area contributed by atoms with Crippen LogP contribution in [0.5, 0.6) is 0 Å². The first kappa shape index (κ1) is 15.5. The molecule has 1 aromatic carbocycles. The molecule has 4 heteroatoms. The Morgan fingerprint density at radius 3 is 2.71 bits per heavy atom. The van der Waals surface area contributed by atoms with Gasteiger partial charge in [0.15, 0.2) is 0 Å². The van der Waals surface area contributed by atoms with E-state index in [1.807, 2.05) is 12.1 Å². The molecule has 1 aliphatic carbocycles. The van der Waals surface area contributed by atoms with Crippen LogP contribution in [0, 0.1) is 5.41 Å². The van der Waals surface area contributed by atoms with Crippen LogP contribution in [-0.4, -0.2) is 17.0 Å². The molecule has 0 saturated heterocycles. The van der Waals surface area contributed by atoms with E-state index in [0.717, 1.165) is 19.3 Å². The third-order valence-corrected chi connectivity index (χ3v) is 4.16. The molecule has 4 nitrogen and oxygen atoms in total. The molecule has 0 fully saturated rings. The van der Waals surface area contributed by atoms with Gasteiger partial charge >= 0.3 is 5.97 Å². The SMILES string of the molecule is CC1(C)CCc2ccccc2C(NC(=O)CCC(=O)O)C1. The number of benzene rings is 1. The highest BCUT2D eigenvalue weighted by Crippen LogP contribution is 2.39. The van der Waals surface area contributed by atoms with Crippen LogP contribution in [0.4, 0.5) is 0 Å². The molecular weight excluding hydrogens is 266 g/mol. The van der Waals surface area contributed by atoms with Gasteiger partial charge < -0.3 is 10.4 Å². The van der Waals surface area contributed by atoms with Crippen LogP contribution in [0.1, 0.15) is 56.7 Å². The summed E-state index contributed by atoms with van der Waals surface area (Å²) < 4.78 is 0. The molecule has 0 aromatic heterocycles. The zero-order valence-corrected chi connectivity index (χ0v) is 12.7. The summed E-state index contributed by atoms with van der Waals surface area (Å²) >= 11 is 0. The average Bonchev–Trinajstić information content (AvgIpc) is 2.54. The molecular formula is C17H23NO3. The Hall–Kier alpha value is -1.84. The average molecular weight is 289 g/mol. The molecule has 0 bridgehead atoms. The van der Waals surface area contributed by atoms with Crippen LogP contribution in [0.25, 0.3) is 0 Å². The third kappa shape index (κ3) is 4.31. The third-order valence-electron chi connectivity index (χ3n) is 4.16. The van der Waals surface area contributed by atoms with Crippen LogP contribution in [0.3, 0.4) is 0 Å². The summed E-state index contributed by atoms with van der Waals surface area (Å²) in [5.41, 5.74) is 2.61. The summed E-state index contributed by atoms with van der Waals surface area (Å²) in [5.74, 6) is -1.12. The standard InChI is InChI=1S/C17H23NO3/c1-17(2)10-9-12-5-3-4-6-13(12)14(11-17)18-15(19)7-8-16(20)21/h3-6,14H,7-11H2,1-2H3,(H,18,19)(H,20,21). The second kappa shape index (κ2) is 6.29. The number of rotatable bonds is 4. The van der Waals surface area contributed by atoms with Crippen LogP contribution >= 0.6 is 0 Å². The van der Waals surface area contributed by atoms with Gasteiger partial charge in [0, 0.05) is 6.42 Å². The minimum Gasteiger partial charge on any atom is -0.481 e. The van der Waals surface area contributed by atoms with Gasteiger partial charge in [-0.1, -0.05) is 38.1 Å². The Kier molecular flexibility index (Phi) is 4.66. The number of hydrogen-bond donors (Lipinski definition) is 2. The molecule has 1 amide bonds. The zero-order valence-electron chi connectivity index (χ0n) is 12.7. The maximum absolute atomic E-state index is 12.0. The van der Waals surface area contributed by atoms with E-state index in [4.69, 9.17) is 5.11 Å². The highest BCUT2D eigenvalue weighted by molar-refractivity contribution is 5.81. The van der Waals surface area contributed by atoms with Crippen LogP contribution in [-0.2, 0) is 16.0 Å². The zero-order chi connectivity index (χ0) is 15.5. The maximum Gasteiger partial charge on any atom is 0.303 e. The summed E-state index contributed by atoms with van der Waals surface area (Å²) in [6, 6.07) is 8.18. The molecule has 1 aromatic rings. The molecule has 0 heterocycles. The summed E-state index contributed by atoms with van der Waals surface area (Å²) in [6.07, 6.45) is 2.90. The number of carbonyl (C=O) groups excluding carboxylic acids is 1. The largest absolute Gasteiger partial charge is 0.481 e. The highest BCUT2D eigenvalue weighted by atomic mass is 16.4. The van der Waals surface area contributed by atoms with Crippen molar-refractivity contribution in [1.29, 1.82) is 0 Å². The Bertz CT molecular complexity index is 537. The van der Waals surface area contributed by atoms with E-state index in [-0.39, 0.29) is 30.2 Å². The lowest BCUT2D eigenvalue weighted by molar-refractivity contribution is -0.139. The number of amides is 1. The van der Waals surface area contributed by atoms with Crippen molar-refractivity contribution in [2.45, 2.75) is 52.0 Å². The van der Waals surface area contributed by atoms with E-state index in [0.29, 0.717) is 0 Å². The van der Waals surface area contributed by atoms with E-state index in [2.05, 4.69) is 31.3 Å². The smallest absolute Gasteiger partial charge is 0.303 e. The number of carboxylic acids is 1. The number of hydrogen-bond acceptors (Lipinski definition) is 2. The summed E-state index contributed by atoms with van der Waals surface area (Å²) in [4.78, 5) is 22.5. The molecule has 0 aliphatic heterocycles. The van der Waals surface area contributed by atoms with Crippen LogP contribution < -0.4 is 5.32 Å². The predicted molar refractivity (Wildman–Crippen MR) is 80.9 cm³/mol. The molecule has 21 heavy (non-hydrogen) atoms.